The molecule has 4 nitrogen and oxygen atoms in total. The molecule has 0 saturated heterocycles. The first-order valence-corrected chi connectivity index (χ1v) is 4.97. The van der Waals surface area contributed by atoms with Gasteiger partial charge in [-0.3, -0.25) is 0 Å². The fourth-order valence-electron chi connectivity index (χ4n) is 0.901. The third kappa shape index (κ3) is 6.71. The Labute approximate surface area is 86.0 Å². The number of carbonyl (C=O) groups excluding carboxylic acids is 1. The smallest absolute Gasteiger partial charge is 0.406 e. The van der Waals surface area contributed by atoms with E-state index in [9.17, 15) is 4.79 Å². The lowest BCUT2D eigenvalue weighted by Crippen LogP contribution is -2.40. The Balaban J connectivity index is 3.65. The highest BCUT2D eigenvalue weighted by molar-refractivity contribution is 5.66. The summed E-state index contributed by atoms with van der Waals surface area (Å²) in [6.07, 6.45) is 1.74. The van der Waals surface area contributed by atoms with Gasteiger partial charge in [-0.1, -0.05) is 13.3 Å². The highest BCUT2D eigenvalue weighted by Crippen LogP contribution is 2.08. The monoisotopic (exact) mass is 203 g/mol. The Morgan fingerprint density at radius 1 is 1.43 bits per heavy atom. The number of hydrogen-bond acceptors (Lipinski definition) is 3. The van der Waals surface area contributed by atoms with E-state index in [1.54, 1.807) is 0 Å². The normalized spacial score (nSPS) is 11.1. The van der Waals surface area contributed by atoms with Crippen molar-refractivity contribution in [2.75, 3.05) is 20.3 Å². The molecule has 0 unspecified atom stereocenters. The molecule has 0 fully saturated rings. The Bertz CT molecular complexity index is 169. The zero-order valence-corrected chi connectivity index (χ0v) is 9.55. The number of rotatable bonds is 6. The molecule has 0 radical (unpaired) electrons. The van der Waals surface area contributed by atoms with Crippen molar-refractivity contribution < 1.29 is 14.3 Å². The number of ether oxygens (including phenoxy) is 2. The lowest BCUT2D eigenvalue weighted by molar-refractivity contribution is -0.0171. The average molecular weight is 203 g/mol. The van der Waals surface area contributed by atoms with Crippen LogP contribution in [0, 0.1) is 0 Å². The van der Waals surface area contributed by atoms with Gasteiger partial charge >= 0.3 is 6.09 Å². The van der Waals surface area contributed by atoms with Gasteiger partial charge in [0.15, 0.2) is 0 Å². The van der Waals surface area contributed by atoms with Gasteiger partial charge in [-0.25, -0.2) is 4.79 Å². The van der Waals surface area contributed by atoms with E-state index in [4.69, 9.17) is 4.74 Å². The van der Waals surface area contributed by atoms with E-state index < -0.39 is 6.09 Å². The number of carbonyl (C=O) groups is 1. The first-order valence-electron chi connectivity index (χ1n) is 4.97. The summed E-state index contributed by atoms with van der Waals surface area (Å²) in [4.78, 5) is 10.8. The van der Waals surface area contributed by atoms with Crippen molar-refractivity contribution in [1.82, 2.24) is 5.32 Å². The molecular weight excluding hydrogens is 182 g/mol. The summed E-state index contributed by atoms with van der Waals surface area (Å²) < 4.78 is 10.1. The van der Waals surface area contributed by atoms with Crippen molar-refractivity contribution in [3.05, 3.63) is 0 Å². The van der Waals surface area contributed by atoms with Gasteiger partial charge in [-0.15, -0.1) is 0 Å². The van der Waals surface area contributed by atoms with Crippen LogP contribution in [0.2, 0.25) is 0 Å². The molecule has 1 amide bonds. The van der Waals surface area contributed by atoms with Gasteiger partial charge < -0.3 is 14.8 Å². The molecule has 0 aromatic heterocycles. The molecule has 0 bridgehead atoms. The van der Waals surface area contributed by atoms with Crippen molar-refractivity contribution in [1.29, 1.82) is 0 Å². The van der Waals surface area contributed by atoms with E-state index in [-0.39, 0.29) is 5.60 Å². The second-order valence-corrected chi connectivity index (χ2v) is 3.81. The molecule has 1 N–H and O–H groups in total. The number of methoxy groups -OCH3 is 1. The highest BCUT2D eigenvalue weighted by atomic mass is 16.5. The largest absolute Gasteiger partial charge is 0.453 e. The predicted octanol–water partition coefficient (Wildman–Crippen LogP) is 1.94. The minimum absolute atomic E-state index is 0.330. The van der Waals surface area contributed by atoms with Crippen molar-refractivity contribution in [3.8, 4) is 0 Å². The SMILES string of the molecule is CCCCOC(C)(C)CNC(=O)OC. The highest BCUT2D eigenvalue weighted by Gasteiger charge is 2.18. The van der Waals surface area contributed by atoms with Crippen molar-refractivity contribution in [2.24, 2.45) is 0 Å². The second-order valence-electron chi connectivity index (χ2n) is 3.81. The average Bonchev–Trinajstić information content (AvgIpc) is 2.14. The van der Waals surface area contributed by atoms with Gasteiger partial charge in [0.1, 0.15) is 0 Å². The first kappa shape index (κ1) is 13.2. The molecular formula is C10H21NO3. The second kappa shape index (κ2) is 6.65. The molecule has 0 aliphatic heterocycles. The topological polar surface area (TPSA) is 47.6 Å². The Morgan fingerprint density at radius 2 is 2.07 bits per heavy atom. The Morgan fingerprint density at radius 3 is 2.57 bits per heavy atom. The van der Waals surface area contributed by atoms with Crippen molar-refractivity contribution in [2.45, 2.75) is 39.2 Å². The van der Waals surface area contributed by atoms with Crippen molar-refractivity contribution in [3.63, 3.8) is 0 Å². The molecule has 14 heavy (non-hydrogen) atoms. The quantitative estimate of drug-likeness (QED) is 0.671. The van der Waals surface area contributed by atoms with Gasteiger partial charge in [0.05, 0.1) is 12.7 Å². The molecule has 4 heteroatoms. The van der Waals surface area contributed by atoms with Crippen LogP contribution in [0.15, 0.2) is 0 Å². The van der Waals surface area contributed by atoms with Crippen LogP contribution in [-0.4, -0.2) is 32.0 Å². The van der Waals surface area contributed by atoms with E-state index in [1.165, 1.54) is 7.11 Å². The molecule has 0 aromatic rings. The van der Waals surface area contributed by atoms with Gasteiger partial charge in [-0.05, 0) is 20.3 Å². The maximum Gasteiger partial charge on any atom is 0.406 e. The number of alkyl carbamates (subject to hydrolysis) is 1. The molecule has 0 atom stereocenters. The van der Waals surface area contributed by atoms with E-state index in [0.29, 0.717) is 6.54 Å². The lowest BCUT2D eigenvalue weighted by atomic mass is 10.1. The van der Waals surface area contributed by atoms with Crippen LogP contribution in [0.1, 0.15) is 33.6 Å². The maximum atomic E-state index is 10.8. The maximum absolute atomic E-state index is 10.8. The fraction of sp³-hybridized carbons (Fsp3) is 0.900. The summed E-state index contributed by atoms with van der Waals surface area (Å²) in [5.74, 6) is 0. The number of amides is 1. The molecule has 0 heterocycles. The number of unbranched alkanes of at least 4 members (excludes halogenated alkanes) is 1. The predicted molar refractivity (Wildman–Crippen MR) is 55.3 cm³/mol. The summed E-state index contributed by atoms with van der Waals surface area (Å²) >= 11 is 0. The van der Waals surface area contributed by atoms with Crippen LogP contribution in [0.5, 0.6) is 0 Å². The lowest BCUT2D eigenvalue weighted by Gasteiger charge is -2.25. The van der Waals surface area contributed by atoms with Crippen LogP contribution in [0.25, 0.3) is 0 Å². The zero-order chi connectivity index (χ0) is 11.0. The summed E-state index contributed by atoms with van der Waals surface area (Å²) in [5.41, 5.74) is -0.330. The third-order valence-electron chi connectivity index (χ3n) is 1.83. The summed E-state index contributed by atoms with van der Waals surface area (Å²) in [5, 5.41) is 2.61. The molecule has 0 spiro atoms. The Kier molecular flexibility index (Phi) is 6.28. The minimum Gasteiger partial charge on any atom is -0.453 e. The molecule has 0 saturated carbocycles. The molecule has 0 aromatic carbocycles. The van der Waals surface area contributed by atoms with E-state index in [2.05, 4.69) is 17.0 Å². The minimum atomic E-state index is -0.419. The summed E-state index contributed by atoms with van der Waals surface area (Å²) in [6, 6.07) is 0. The molecule has 0 aliphatic rings. The van der Waals surface area contributed by atoms with E-state index >= 15 is 0 Å². The third-order valence-corrected chi connectivity index (χ3v) is 1.83. The first-order chi connectivity index (χ1) is 6.52. The van der Waals surface area contributed by atoms with Gasteiger partial charge in [0.2, 0.25) is 0 Å². The number of hydrogen-bond donors (Lipinski definition) is 1. The van der Waals surface area contributed by atoms with Crippen molar-refractivity contribution >= 4 is 6.09 Å². The van der Waals surface area contributed by atoms with E-state index in [1.807, 2.05) is 13.8 Å². The van der Waals surface area contributed by atoms with Crippen LogP contribution in [0.3, 0.4) is 0 Å². The van der Waals surface area contributed by atoms with Crippen LogP contribution < -0.4 is 5.32 Å². The Hall–Kier alpha value is -0.770. The fourth-order valence-corrected chi connectivity index (χ4v) is 0.901. The molecule has 0 aliphatic carbocycles. The van der Waals surface area contributed by atoms with Crippen LogP contribution >= 0.6 is 0 Å². The number of nitrogens with one attached hydrogen (secondary N) is 1. The van der Waals surface area contributed by atoms with Gasteiger partial charge in [0, 0.05) is 13.2 Å². The molecule has 0 rings (SSSR count). The van der Waals surface area contributed by atoms with E-state index in [0.717, 1.165) is 19.4 Å². The summed E-state index contributed by atoms with van der Waals surface area (Å²) in [6.45, 7) is 7.19. The standard InChI is InChI=1S/C10H21NO3/c1-5-6-7-14-10(2,3)8-11-9(12)13-4/h5-8H2,1-4H3,(H,11,12). The van der Waals surface area contributed by atoms with Crippen LogP contribution in [-0.2, 0) is 9.47 Å². The molecule has 84 valence electrons. The zero-order valence-electron chi connectivity index (χ0n) is 9.55. The van der Waals surface area contributed by atoms with Gasteiger partial charge in [-0.2, -0.15) is 0 Å². The summed E-state index contributed by atoms with van der Waals surface area (Å²) in [7, 11) is 1.35. The van der Waals surface area contributed by atoms with Crippen LogP contribution in [0.4, 0.5) is 4.79 Å². The van der Waals surface area contributed by atoms with Gasteiger partial charge in [0.25, 0.3) is 0 Å².